The third-order valence-corrected chi connectivity index (χ3v) is 3.65. The number of hydrogen-bond donors (Lipinski definition) is 1. The fourth-order valence-electron chi connectivity index (χ4n) is 2.67. The van der Waals surface area contributed by atoms with Crippen molar-refractivity contribution < 1.29 is 14.7 Å². The average Bonchev–Trinajstić information content (AvgIpc) is 2.84. The van der Waals surface area contributed by atoms with Crippen LogP contribution < -0.4 is 4.90 Å². The molecule has 0 radical (unpaired) electrons. The molecule has 1 N–H and O–H groups in total. The molecule has 1 saturated heterocycles. The van der Waals surface area contributed by atoms with Crippen molar-refractivity contribution in [3.8, 4) is 0 Å². The first kappa shape index (κ1) is 13.6. The van der Waals surface area contributed by atoms with Gasteiger partial charge in [-0.25, -0.2) is 0 Å². The largest absolute Gasteiger partial charge is 0.481 e. The zero-order chi connectivity index (χ0) is 13.8. The summed E-state index contributed by atoms with van der Waals surface area (Å²) in [5, 5.41) is 8.78. The minimum atomic E-state index is -0.746. The summed E-state index contributed by atoms with van der Waals surface area (Å²) in [6.07, 6.45) is 2.97. The lowest BCUT2D eigenvalue weighted by Crippen LogP contribution is -2.29. The molecule has 1 aliphatic rings. The minimum Gasteiger partial charge on any atom is -0.481 e. The number of hydrogen-bond acceptors (Lipinski definition) is 3. The predicted octanol–water partition coefficient (Wildman–Crippen LogP) is 2.72. The Morgan fingerprint density at radius 2 is 2.21 bits per heavy atom. The van der Waals surface area contributed by atoms with Gasteiger partial charge in [-0.15, -0.1) is 0 Å². The number of carbonyl (C=O) groups excluding carboxylic acids is 1. The van der Waals surface area contributed by atoms with Crippen LogP contribution in [0.5, 0.6) is 0 Å². The van der Waals surface area contributed by atoms with E-state index < -0.39 is 5.97 Å². The molecule has 0 bridgehead atoms. The van der Waals surface area contributed by atoms with Crippen LogP contribution in [0.2, 0.25) is 0 Å². The number of carboxylic acids is 1. The van der Waals surface area contributed by atoms with Crippen LogP contribution in [0.15, 0.2) is 24.3 Å². The van der Waals surface area contributed by atoms with Crippen LogP contribution in [0.25, 0.3) is 0 Å². The van der Waals surface area contributed by atoms with Gasteiger partial charge in [-0.3, -0.25) is 9.59 Å². The Balaban J connectivity index is 2.13. The lowest BCUT2D eigenvalue weighted by molar-refractivity contribution is -0.137. The number of rotatable bonds is 5. The number of aliphatic carboxylic acids is 1. The van der Waals surface area contributed by atoms with Crippen LogP contribution in [0.4, 0.5) is 5.69 Å². The van der Waals surface area contributed by atoms with Crippen LogP contribution in [0.3, 0.4) is 0 Å². The van der Waals surface area contributed by atoms with E-state index in [-0.39, 0.29) is 18.2 Å². The zero-order valence-corrected chi connectivity index (χ0v) is 11.1. The monoisotopic (exact) mass is 261 g/mol. The molecule has 1 fully saturated rings. The van der Waals surface area contributed by atoms with Crippen LogP contribution in [0, 0.1) is 0 Å². The molecule has 1 aromatic rings. The van der Waals surface area contributed by atoms with Crippen LogP contribution >= 0.6 is 0 Å². The smallest absolute Gasteiger partial charge is 0.303 e. The summed E-state index contributed by atoms with van der Waals surface area (Å²) < 4.78 is 0. The zero-order valence-electron chi connectivity index (χ0n) is 11.1. The molecule has 0 spiro atoms. The number of Topliss-reactive ketones (excluding diaryl/α,β-unsaturated/α-hetero) is 1. The molecule has 4 nitrogen and oxygen atoms in total. The van der Waals surface area contributed by atoms with Crippen LogP contribution in [0.1, 0.15) is 43.0 Å². The molecule has 1 heterocycles. The molecule has 4 heteroatoms. The highest BCUT2D eigenvalue weighted by Crippen LogP contribution is 2.28. The molecule has 19 heavy (non-hydrogen) atoms. The topological polar surface area (TPSA) is 57.6 Å². The van der Waals surface area contributed by atoms with E-state index in [4.69, 9.17) is 5.11 Å². The highest BCUT2D eigenvalue weighted by molar-refractivity contribution is 5.95. The van der Waals surface area contributed by atoms with E-state index in [0.717, 1.165) is 25.1 Å². The summed E-state index contributed by atoms with van der Waals surface area (Å²) in [6.45, 7) is 2.50. The lowest BCUT2D eigenvalue weighted by atomic mass is 10.1. The lowest BCUT2D eigenvalue weighted by Gasteiger charge is -2.26. The molecular weight excluding hydrogens is 242 g/mol. The molecule has 1 unspecified atom stereocenters. The molecule has 0 aromatic heterocycles. The third kappa shape index (κ3) is 3.34. The SMILES string of the molecule is CC(=O)c1cccc(N2CCCC2CCC(=O)O)c1. The van der Waals surface area contributed by atoms with Crippen molar-refractivity contribution in [2.75, 3.05) is 11.4 Å². The van der Waals surface area contributed by atoms with Crippen LogP contribution in [-0.4, -0.2) is 29.4 Å². The first-order valence-corrected chi connectivity index (χ1v) is 6.67. The highest BCUT2D eigenvalue weighted by atomic mass is 16.4. The first-order valence-electron chi connectivity index (χ1n) is 6.67. The van der Waals surface area contributed by atoms with Crippen molar-refractivity contribution in [2.45, 2.75) is 38.6 Å². The normalized spacial score (nSPS) is 18.6. The van der Waals surface area contributed by atoms with E-state index in [2.05, 4.69) is 4.90 Å². The molecule has 2 rings (SSSR count). The number of ketones is 1. The molecule has 1 aliphatic heterocycles. The molecule has 1 aromatic carbocycles. The van der Waals surface area contributed by atoms with E-state index in [9.17, 15) is 9.59 Å². The number of carboxylic acid groups (broad SMARTS) is 1. The van der Waals surface area contributed by atoms with Gasteiger partial charge in [0.1, 0.15) is 0 Å². The summed E-state index contributed by atoms with van der Waals surface area (Å²) in [5.74, 6) is -0.688. The summed E-state index contributed by atoms with van der Waals surface area (Å²) in [7, 11) is 0. The second-order valence-electron chi connectivity index (χ2n) is 5.03. The van der Waals surface area contributed by atoms with Gasteiger partial charge in [-0.05, 0) is 38.3 Å². The van der Waals surface area contributed by atoms with Crippen molar-refractivity contribution in [3.63, 3.8) is 0 Å². The summed E-state index contributed by atoms with van der Waals surface area (Å²) in [6, 6.07) is 7.87. The van der Waals surface area contributed by atoms with Gasteiger partial charge >= 0.3 is 5.97 Å². The van der Waals surface area contributed by atoms with Crippen molar-refractivity contribution >= 4 is 17.4 Å². The Labute approximate surface area is 113 Å². The van der Waals surface area contributed by atoms with Crippen molar-refractivity contribution in [2.24, 2.45) is 0 Å². The summed E-state index contributed by atoms with van der Waals surface area (Å²) >= 11 is 0. The van der Waals surface area contributed by atoms with Gasteiger partial charge in [0.2, 0.25) is 0 Å². The molecule has 102 valence electrons. The van der Waals surface area contributed by atoms with E-state index in [1.54, 1.807) is 6.92 Å². The third-order valence-electron chi connectivity index (χ3n) is 3.65. The molecule has 1 atom stereocenters. The average molecular weight is 261 g/mol. The van der Waals surface area contributed by atoms with Gasteiger partial charge in [-0.2, -0.15) is 0 Å². The maximum atomic E-state index is 11.4. The quantitative estimate of drug-likeness (QED) is 0.828. The second kappa shape index (κ2) is 5.87. The molecule has 0 aliphatic carbocycles. The first-order chi connectivity index (χ1) is 9.08. The van der Waals surface area contributed by atoms with E-state index in [0.29, 0.717) is 12.0 Å². The molecule has 0 amide bonds. The van der Waals surface area contributed by atoms with Crippen LogP contribution in [-0.2, 0) is 4.79 Å². The van der Waals surface area contributed by atoms with Crippen molar-refractivity contribution in [3.05, 3.63) is 29.8 Å². The second-order valence-corrected chi connectivity index (χ2v) is 5.03. The minimum absolute atomic E-state index is 0.0585. The van der Waals surface area contributed by atoms with E-state index in [1.165, 1.54) is 0 Å². The molecule has 0 saturated carbocycles. The van der Waals surface area contributed by atoms with Gasteiger partial charge in [-0.1, -0.05) is 12.1 Å². The van der Waals surface area contributed by atoms with Gasteiger partial charge in [0.05, 0.1) is 0 Å². The summed E-state index contributed by atoms with van der Waals surface area (Å²) in [4.78, 5) is 24.3. The standard InChI is InChI=1S/C15H19NO3/c1-11(17)12-4-2-5-14(10-12)16-9-3-6-13(16)7-8-15(18)19/h2,4-5,10,13H,3,6-9H2,1H3,(H,18,19). The Morgan fingerprint density at radius 1 is 1.42 bits per heavy atom. The number of anilines is 1. The van der Waals surface area contributed by atoms with E-state index >= 15 is 0 Å². The molecular formula is C15H19NO3. The Bertz CT molecular complexity index is 484. The Morgan fingerprint density at radius 3 is 2.89 bits per heavy atom. The number of nitrogens with zero attached hydrogens (tertiary/aromatic N) is 1. The fourth-order valence-corrected chi connectivity index (χ4v) is 2.67. The predicted molar refractivity (Wildman–Crippen MR) is 73.7 cm³/mol. The van der Waals surface area contributed by atoms with Gasteiger partial charge in [0.25, 0.3) is 0 Å². The fraction of sp³-hybridized carbons (Fsp3) is 0.467. The van der Waals surface area contributed by atoms with Gasteiger partial charge in [0.15, 0.2) is 5.78 Å². The Kier molecular flexibility index (Phi) is 4.20. The van der Waals surface area contributed by atoms with E-state index in [1.807, 2.05) is 24.3 Å². The van der Waals surface area contributed by atoms with Gasteiger partial charge < -0.3 is 10.0 Å². The summed E-state index contributed by atoms with van der Waals surface area (Å²) in [5.41, 5.74) is 1.74. The van der Waals surface area contributed by atoms with Gasteiger partial charge in [0, 0.05) is 30.3 Å². The maximum absolute atomic E-state index is 11.4. The highest BCUT2D eigenvalue weighted by Gasteiger charge is 2.25. The Hall–Kier alpha value is -1.84. The number of carbonyl (C=O) groups is 2. The maximum Gasteiger partial charge on any atom is 0.303 e. The van der Waals surface area contributed by atoms with Crippen molar-refractivity contribution in [1.29, 1.82) is 0 Å². The van der Waals surface area contributed by atoms with Crippen molar-refractivity contribution in [1.82, 2.24) is 0 Å². The number of benzene rings is 1.